The first-order chi connectivity index (χ1) is 30.7. The van der Waals surface area contributed by atoms with Gasteiger partial charge in [-0.3, -0.25) is 0 Å². The molecule has 0 aliphatic heterocycles. The molecule has 3 heterocycles. The molecule has 0 bridgehead atoms. The predicted molar refractivity (Wildman–Crippen MR) is 256 cm³/mol. The number of fused-ring (bicyclic) bond motifs is 7. The molecule has 0 saturated heterocycles. The number of aromatic nitrogens is 5. The van der Waals surface area contributed by atoms with Crippen LogP contribution < -0.4 is 0 Å². The summed E-state index contributed by atoms with van der Waals surface area (Å²) >= 11 is 0. The monoisotopic (exact) mass is 791 g/mol. The van der Waals surface area contributed by atoms with Gasteiger partial charge in [-0.25, -0.2) is 15.0 Å². The Morgan fingerprint density at radius 3 is 1.10 bits per heavy atom. The number of hydrogen-bond acceptors (Lipinski definition) is 3. The Kier molecular flexibility index (Phi) is 8.42. The van der Waals surface area contributed by atoms with Gasteiger partial charge in [0.25, 0.3) is 0 Å². The summed E-state index contributed by atoms with van der Waals surface area (Å²) in [5.41, 5.74) is 14.2. The highest BCUT2D eigenvalue weighted by Crippen LogP contribution is 2.42. The molecular formula is C57H37N5. The van der Waals surface area contributed by atoms with Crippen LogP contribution in [0.25, 0.3) is 111 Å². The van der Waals surface area contributed by atoms with Gasteiger partial charge in [-0.05, 0) is 95.1 Å². The Morgan fingerprint density at radius 1 is 0.242 bits per heavy atom. The van der Waals surface area contributed by atoms with Gasteiger partial charge in [0.1, 0.15) is 0 Å². The average Bonchev–Trinajstić information content (AvgIpc) is 3.88. The Labute approximate surface area is 358 Å². The van der Waals surface area contributed by atoms with E-state index in [9.17, 15) is 0 Å². The number of nitrogens with zero attached hydrogens (tertiary/aromatic N) is 5. The van der Waals surface area contributed by atoms with Crippen molar-refractivity contribution in [2.24, 2.45) is 0 Å². The molecule has 9 aromatic carbocycles. The standard InChI is InChI=1S/C57H37N5/c1-4-16-38(17-5-1)41-20-14-22-43(36-41)56-58-55(59-57(60-56)44-23-15-21-42(37-44)39-18-6-2-7-19-39)40-30-32-46(33-31-40)62-50-29-13-11-27-48(50)54-52(62)35-34-51-53(54)47-26-10-12-28-49(47)61(51)45-24-8-3-9-25-45/h1-37H. The minimum Gasteiger partial charge on any atom is -0.309 e. The van der Waals surface area contributed by atoms with Crippen LogP contribution in [0.5, 0.6) is 0 Å². The van der Waals surface area contributed by atoms with Gasteiger partial charge >= 0.3 is 0 Å². The van der Waals surface area contributed by atoms with E-state index in [2.05, 4.69) is 221 Å². The molecule has 0 saturated carbocycles. The van der Waals surface area contributed by atoms with Crippen LogP contribution >= 0.6 is 0 Å². The van der Waals surface area contributed by atoms with Crippen LogP contribution in [-0.2, 0) is 0 Å². The van der Waals surface area contributed by atoms with Gasteiger partial charge in [0.15, 0.2) is 17.5 Å². The number of benzene rings is 9. The van der Waals surface area contributed by atoms with Crippen molar-refractivity contribution in [2.45, 2.75) is 0 Å². The van der Waals surface area contributed by atoms with Crippen LogP contribution in [0.3, 0.4) is 0 Å². The summed E-state index contributed by atoms with van der Waals surface area (Å²) in [7, 11) is 0. The lowest BCUT2D eigenvalue weighted by atomic mass is 10.0. The molecule has 62 heavy (non-hydrogen) atoms. The highest BCUT2D eigenvalue weighted by molar-refractivity contribution is 6.28. The second-order valence-electron chi connectivity index (χ2n) is 15.6. The Morgan fingerprint density at radius 2 is 0.613 bits per heavy atom. The molecule has 12 aromatic rings. The molecule has 12 rings (SSSR count). The number of para-hydroxylation sites is 3. The van der Waals surface area contributed by atoms with E-state index < -0.39 is 0 Å². The Hall–Kier alpha value is -8.41. The fraction of sp³-hybridized carbons (Fsp3) is 0. The van der Waals surface area contributed by atoms with Gasteiger partial charge in [-0.1, -0.05) is 152 Å². The first kappa shape index (κ1) is 35.5. The summed E-state index contributed by atoms with van der Waals surface area (Å²) in [5, 5.41) is 4.96. The summed E-state index contributed by atoms with van der Waals surface area (Å²) in [5.74, 6) is 1.86. The van der Waals surface area contributed by atoms with E-state index in [1.165, 1.54) is 32.6 Å². The SMILES string of the molecule is c1ccc(-c2cccc(-c3nc(-c4ccc(-n5c6ccccc6c6c7c8ccccc8n(-c8ccccc8)c7ccc65)cc4)nc(-c4cccc(-c5ccccc5)c4)n3)c2)cc1. The normalized spacial score (nSPS) is 11.5. The first-order valence-corrected chi connectivity index (χ1v) is 20.9. The van der Waals surface area contributed by atoms with E-state index in [0.29, 0.717) is 17.5 Å². The third-order valence-electron chi connectivity index (χ3n) is 12.0. The van der Waals surface area contributed by atoms with Crippen molar-refractivity contribution in [3.8, 4) is 67.8 Å². The molecule has 5 nitrogen and oxygen atoms in total. The van der Waals surface area contributed by atoms with Crippen molar-refractivity contribution in [2.75, 3.05) is 0 Å². The molecule has 0 radical (unpaired) electrons. The second-order valence-corrected chi connectivity index (χ2v) is 15.6. The molecule has 0 aliphatic rings. The third kappa shape index (κ3) is 5.98. The van der Waals surface area contributed by atoms with Crippen LogP contribution in [-0.4, -0.2) is 24.1 Å². The highest BCUT2D eigenvalue weighted by Gasteiger charge is 2.21. The smallest absolute Gasteiger partial charge is 0.164 e. The first-order valence-electron chi connectivity index (χ1n) is 20.9. The summed E-state index contributed by atoms with van der Waals surface area (Å²) in [6, 6.07) is 79.1. The lowest BCUT2D eigenvalue weighted by Crippen LogP contribution is -2.01. The van der Waals surface area contributed by atoms with Crippen molar-refractivity contribution in [3.63, 3.8) is 0 Å². The molecule has 0 spiro atoms. The third-order valence-corrected chi connectivity index (χ3v) is 12.0. The molecule has 0 fully saturated rings. The van der Waals surface area contributed by atoms with Crippen LogP contribution in [0.1, 0.15) is 0 Å². The van der Waals surface area contributed by atoms with Gasteiger partial charge in [-0.15, -0.1) is 0 Å². The molecule has 0 aliphatic carbocycles. The zero-order valence-electron chi connectivity index (χ0n) is 33.6. The van der Waals surface area contributed by atoms with Gasteiger partial charge in [0.05, 0.1) is 22.1 Å². The maximum Gasteiger partial charge on any atom is 0.164 e. The van der Waals surface area contributed by atoms with Crippen molar-refractivity contribution in [1.29, 1.82) is 0 Å². The highest BCUT2D eigenvalue weighted by atomic mass is 15.0. The number of rotatable bonds is 7. The molecule has 0 amide bonds. The van der Waals surface area contributed by atoms with Crippen molar-refractivity contribution < 1.29 is 0 Å². The van der Waals surface area contributed by atoms with E-state index in [1.54, 1.807) is 0 Å². The van der Waals surface area contributed by atoms with Crippen LogP contribution in [0.15, 0.2) is 224 Å². The lowest BCUT2D eigenvalue weighted by Gasteiger charge is -2.12. The summed E-state index contributed by atoms with van der Waals surface area (Å²) in [6.45, 7) is 0. The molecule has 0 N–H and O–H groups in total. The van der Waals surface area contributed by atoms with Gasteiger partial charge < -0.3 is 9.13 Å². The second kappa shape index (κ2) is 14.7. The maximum absolute atomic E-state index is 5.17. The van der Waals surface area contributed by atoms with E-state index in [0.717, 1.165) is 61.4 Å². The van der Waals surface area contributed by atoms with Gasteiger partial charge in [0, 0.05) is 49.6 Å². The fourth-order valence-corrected chi connectivity index (χ4v) is 9.11. The van der Waals surface area contributed by atoms with E-state index in [4.69, 9.17) is 15.0 Å². The van der Waals surface area contributed by atoms with Crippen LogP contribution in [0, 0.1) is 0 Å². The number of hydrogen-bond donors (Lipinski definition) is 0. The quantitative estimate of drug-likeness (QED) is 0.162. The van der Waals surface area contributed by atoms with Gasteiger partial charge in [-0.2, -0.15) is 0 Å². The van der Waals surface area contributed by atoms with E-state index >= 15 is 0 Å². The average molecular weight is 792 g/mol. The summed E-state index contributed by atoms with van der Waals surface area (Å²) in [4.78, 5) is 15.5. The topological polar surface area (TPSA) is 48.5 Å². The largest absolute Gasteiger partial charge is 0.309 e. The van der Waals surface area contributed by atoms with E-state index in [-0.39, 0.29) is 0 Å². The zero-order valence-corrected chi connectivity index (χ0v) is 33.6. The van der Waals surface area contributed by atoms with Crippen molar-refractivity contribution in [1.82, 2.24) is 24.1 Å². The molecule has 5 heteroatoms. The lowest BCUT2D eigenvalue weighted by molar-refractivity contribution is 1.07. The van der Waals surface area contributed by atoms with Crippen molar-refractivity contribution in [3.05, 3.63) is 224 Å². The molecule has 0 atom stereocenters. The minimum atomic E-state index is 0.615. The van der Waals surface area contributed by atoms with Crippen LogP contribution in [0.2, 0.25) is 0 Å². The maximum atomic E-state index is 5.17. The molecule has 290 valence electrons. The Bertz CT molecular complexity index is 3510. The Balaban J connectivity index is 1.01. The molecule has 0 unspecified atom stereocenters. The minimum absolute atomic E-state index is 0.615. The zero-order chi connectivity index (χ0) is 41.0. The van der Waals surface area contributed by atoms with E-state index in [1.807, 2.05) is 12.1 Å². The fourth-order valence-electron chi connectivity index (χ4n) is 9.11. The molecule has 3 aromatic heterocycles. The van der Waals surface area contributed by atoms with Crippen LogP contribution in [0.4, 0.5) is 0 Å². The summed E-state index contributed by atoms with van der Waals surface area (Å²) in [6.07, 6.45) is 0. The molecular weight excluding hydrogens is 755 g/mol. The van der Waals surface area contributed by atoms with Gasteiger partial charge in [0.2, 0.25) is 0 Å². The summed E-state index contributed by atoms with van der Waals surface area (Å²) < 4.78 is 4.77. The predicted octanol–water partition coefficient (Wildman–Crippen LogP) is 14.4. The van der Waals surface area contributed by atoms with Crippen molar-refractivity contribution >= 4 is 43.6 Å².